The van der Waals surface area contributed by atoms with Gasteiger partial charge in [0.25, 0.3) is 0 Å². The van der Waals surface area contributed by atoms with Crippen LogP contribution in [0, 0.1) is 20.8 Å². The summed E-state index contributed by atoms with van der Waals surface area (Å²) in [6.45, 7) is 5.76. The summed E-state index contributed by atoms with van der Waals surface area (Å²) in [7, 11) is 0. The minimum atomic E-state index is 0.735. The third-order valence-electron chi connectivity index (χ3n) is 2.32. The van der Waals surface area contributed by atoms with Crippen LogP contribution in [0.5, 0.6) is 0 Å². The molecule has 0 aliphatic rings. The first kappa shape index (κ1) is 8.78. The summed E-state index contributed by atoms with van der Waals surface area (Å²) in [5.74, 6) is 0. The number of anilines is 1. The highest BCUT2D eigenvalue weighted by Crippen LogP contribution is 2.22. The Labute approximate surface area is 72.4 Å². The summed E-state index contributed by atoms with van der Waals surface area (Å²) in [6.07, 6.45) is 0.870. The van der Waals surface area contributed by atoms with Crippen LogP contribution in [0.2, 0.25) is 0 Å². The molecular weight excluding hydrogens is 150 g/mol. The molecule has 0 fully saturated rings. The molecule has 0 aliphatic carbocycles. The van der Waals surface area contributed by atoms with Crippen molar-refractivity contribution < 1.29 is 4.79 Å². The minimum Gasteiger partial charge on any atom is -0.398 e. The molecule has 0 aliphatic heterocycles. The average Bonchev–Trinajstić information content (AvgIpc) is 2.08. The molecule has 2 N–H and O–H groups in total. The molecule has 2 nitrogen and oxygen atoms in total. The lowest BCUT2D eigenvalue weighted by atomic mass is 9.99. The van der Waals surface area contributed by atoms with Crippen LogP contribution >= 0.6 is 0 Å². The number of nitrogens with two attached hydrogens (primary N) is 1. The van der Waals surface area contributed by atoms with Crippen LogP contribution in [-0.4, -0.2) is 6.29 Å². The van der Waals surface area contributed by atoms with Crippen LogP contribution < -0.4 is 5.73 Å². The summed E-state index contributed by atoms with van der Waals surface area (Å²) in [5.41, 5.74) is 10.3. The van der Waals surface area contributed by atoms with Gasteiger partial charge in [0.1, 0.15) is 6.29 Å². The summed E-state index contributed by atoms with van der Waals surface area (Å²) < 4.78 is 0. The number of nitrogen functional groups attached to an aromatic ring is 1. The molecule has 0 radical (unpaired) electrons. The summed E-state index contributed by atoms with van der Waals surface area (Å²) in [4.78, 5) is 10.6. The van der Waals surface area contributed by atoms with E-state index < -0.39 is 0 Å². The second kappa shape index (κ2) is 2.97. The first-order valence-electron chi connectivity index (χ1n) is 3.89. The predicted molar refractivity (Wildman–Crippen MR) is 50.5 cm³/mol. The Morgan fingerprint density at radius 2 is 1.83 bits per heavy atom. The van der Waals surface area contributed by atoms with Crippen LogP contribution in [0.25, 0.3) is 0 Å². The molecule has 0 spiro atoms. The molecule has 64 valence electrons. The normalized spacial score (nSPS) is 9.92. The van der Waals surface area contributed by atoms with Crippen molar-refractivity contribution in [2.75, 3.05) is 5.73 Å². The molecule has 0 saturated carbocycles. The van der Waals surface area contributed by atoms with Gasteiger partial charge in [-0.1, -0.05) is 0 Å². The molecule has 1 rings (SSSR count). The Morgan fingerprint density at radius 3 is 2.33 bits per heavy atom. The number of hydrogen-bond acceptors (Lipinski definition) is 2. The van der Waals surface area contributed by atoms with Crippen LogP contribution in [0.3, 0.4) is 0 Å². The van der Waals surface area contributed by atoms with Gasteiger partial charge in [-0.25, -0.2) is 0 Å². The number of aryl methyl sites for hydroxylation is 1. The van der Waals surface area contributed by atoms with E-state index in [-0.39, 0.29) is 0 Å². The summed E-state index contributed by atoms with van der Waals surface area (Å²) >= 11 is 0. The Bertz CT molecular complexity index is 329. The highest BCUT2D eigenvalue weighted by Gasteiger charge is 2.05. The second-order valence-electron chi connectivity index (χ2n) is 3.06. The van der Waals surface area contributed by atoms with E-state index in [0.717, 1.165) is 34.2 Å². The number of carbonyl (C=O) groups excluding carboxylic acids is 1. The smallest absolute Gasteiger partial charge is 0.150 e. The topological polar surface area (TPSA) is 43.1 Å². The van der Waals surface area contributed by atoms with Gasteiger partial charge in [0.05, 0.1) is 0 Å². The van der Waals surface area contributed by atoms with Gasteiger partial charge < -0.3 is 5.73 Å². The van der Waals surface area contributed by atoms with Crippen molar-refractivity contribution in [2.24, 2.45) is 0 Å². The third kappa shape index (κ3) is 1.20. The van der Waals surface area contributed by atoms with Gasteiger partial charge in [0.15, 0.2) is 0 Å². The van der Waals surface area contributed by atoms with Gasteiger partial charge in [0.2, 0.25) is 0 Å². The van der Waals surface area contributed by atoms with Crippen molar-refractivity contribution in [3.8, 4) is 0 Å². The van der Waals surface area contributed by atoms with Gasteiger partial charge >= 0.3 is 0 Å². The number of hydrogen-bond donors (Lipinski definition) is 1. The molecule has 0 amide bonds. The summed E-state index contributed by atoms with van der Waals surface area (Å²) in [5, 5.41) is 0. The lowest BCUT2D eigenvalue weighted by Crippen LogP contribution is -1.99. The zero-order chi connectivity index (χ0) is 9.30. The predicted octanol–water partition coefficient (Wildman–Crippen LogP) is 2.01. The fraction of sp³-hybridized carbons (Fsp3) is 0.300. The van der Waals surface area contributed by atoms with E-state index in [1.54, 1.807) is 0 Å². The molecule has 0 atom stereocenters. The zero-order valence-electron chi connectivity index (χ0n) is 7.64. The first-order valence-corrected chi connectivity index (χ1v) is 3.89. The third-order valence-corrected chi connectivity index (χ3v) is 2.32. The molecular formula is C10H13NO. The maximum Gasteiger partial charge on any atom is 0.150 e. The highest BCUT2D eigenvalue weighted by atomic mass is 16.1. The van der Waals surface area contributed by atoms with Crippen molar-refractivity contribution >= 4 is 12.0 Å². The average molecular weight is 163 g/mol. The molecule has 0 unspecified atom stereocenters. The van der Waals surface area contributed by atoms with Crippen LogP contribution in [0.1, 0.15) is 27.0 Å². The lowest BCUT2D eigenvalue weighted by Gasteiger charge is -2.09. The number of rotatable bonds is 1. The first-order chi connectivity index (χ1) is 5.57. The summed E-state index contributed by atoms with van der Waals surface area (Å²) in [6, 6.07) is 1.82. The Hall–Kier alpha value is -1.31. The van der Waals surface area contributed by atoms with Gasteiger partial charge in [-0.05, 0) is 43.5 Å². The molecule has 2 heteroatoms. The fourth-order valence-corrected chi connectivity index (χ4v) is 1.26. The molecule has 12 heavy (non-hydrogen) atoms. The van der Waals surface area contributed by atoms with Crippen molar-refractivity contribution in [1.82, 2.24) is 0 Å². The second-order valence-corrected chi connectivity index (χ2v) is 3.06. The minimum absolute atomic E-state index is 0.735. The molecule has 0 saturated heterocycles. The van der Waals surface area contributed by atoms with Gasteiger partial charge in [-0.3, -0.25) is 4.79 Å². The molecule has 1 aromatic carbocycles. The maximum atomic E-state index is 10.6. The van der Waals surface area contributed by atoms with Gasteiger partial charge in [0, 0.05) is 11.3 Å². The molecule has 0 heterocycles. The van der Waals surface area contributed by atoms with Crippen molar-refractivity contribution in [3.63, 3.8) is 0 Å². The highest BCUT2D eigenvalue weighted by molar-refractivity contribution is 5.80. The van der Waals surface area contributed by atoms with Crippen molar-refractivity contribution in [2.45, 2.75) is 20.8 Å². The van der Waals surface area contributed by atoms with E-state index in [1.807, 2.05) is 26.8 Å². The van der Waals surface area contributed by atoms with Crippen LogP contribution in [-0.2, 0) is 0 Å². The van der Waals surface area contributed by atoms with Gasteiger partial charge in [-0.2, -0.15) is 0 Å². The fourth-order valence-electron chi connectivity index (χ4n) is 1.26. The standard InChI is InChI=1S/C10H13NO/c1-6-4-9(5-12)7(2)8(3)10(6)11/h4-5H,11H2,1-3H3. The Morgan fingerprint density at radius 1 is 1.25 bits per heavy atom. The van der Waals surface area contributed by atoms with Crippen LogP contribution in [0.15, 0.2) is 6.07 Å². The lowest BCUT2D eigenvalue weighted by molar-refractivity contribution is 0.112. The molecule has 0 bridgehead atoms. The Balaban J connectivity index is 3.49. The van der Waals surface area contributed by atoms with Gasteiger partial charge in [-0.15, -0.1) is 0 Å². The maximum absolute atomic E-state index is 10.6. The quantitative estimate of drug-likeness (QED) is 0.508. The van der Waals surface area contributed by atoms with E-state index in [0.29, 0.717) is 0 Å². The van der Waals surface area contributed by atoms with Crippen molar-refractivity contribution in [1.29, 1.82) is 0 Å². The number of benzene rings is 1. The Kier molecular flexibility index (Phi) is 2.18. The number of carbonyl (C=O) groups is 1. The zero-order valence-corrected chi connectivity index (χ0v) is 7.64. The molecule has 1 aromatic rings. The van der Waals surface area contributed by atoms with E-state index in [1.165, 1.54) is 0 Å². The monoisotopic (exact) mass is 163 g/mol. The van der Waals surface area contributed by atoms with E-state index >= 15 is 0 Å². The van der Waals surface area contributed by atoms with Crippen molar-refractivity contribution in [3.05, 3.63) is 28.3 Å². The largest absolute Gasteiger partial charge is 0.398 e. The molecule has 0 aromatic heterocycles. The SMILES string of the molecule is Cc1cc(C=O)c(C)c(C)c1N. The van der Waals surface area contributed by atoms with E-state index in [4.69, 9.17) is 5.73 Å². The van der Waals surface area contributed by atoms with E-state index in [2.05, 4.69) is 0 Å². The number of aldehydes is 1. The van der Waals surface area contributed by atoms with E-state index in [9.17, 15) is 4.79 Å². The van der Waals surface area contributed by atoms with Crippen LogP contribution in [0.4, 0.5) is 5.69 Å².